The van der Waals surface area contributed by atoms with Crippen molar-refractivity contribution in [2.75, 3.05) is 7.11 Å². The zero-order valence-electron chi connectivity index (χ0n) is 15.9. The van der Waals surface area contributed by atoms with Gasteiger partial charge in [-0.2, -0.15) is 0 Å². The van der Waals surface area contributed by atoms with E-state index in [1.54, 1.807) is 36.9 Å². The lowest BCUT2D eigenvalue weighted by atomic mass is 10.0. The van der Waals surface area contributed by atoms with Crippen molar-refractivity contribution < 1.29 is 14.3 Å². The first-order chi connectivity index (χ1) is 14.0. The van der Waals surface area contributed by atoms with Gasteiger partial charge in [0.05, 0.1) is 29.7 Å². The lowest BCUT2D eigenvalue weighted by Gasteiger charge is -2.07. The summed E-state index contributed by atoms with van der Waals surface area (Å²) < 4.78 is 12.0. The Morgan fingerprint density at radius 2 is 1.83 bits per heavy atom. The first-order valence-corrected chi connectivity index (χ1v) is 9.64. The fourth-order valence-electron chi connectivity index (χ4n) is 2.86. The molecule has 0 spiro atoms. The highest BCUT2D eigenvalue weighted by atomic mass is 32.1. The second-order valence-corrected chi connectivity index (χ2v) is 7.47. The molecule has 0 aliphatic heterocycles. The van der Waals surface area contributed by atoms with Crippen LogP contribution in [0.25, 0.3) is 21.3 Å². The summed E-state index contributed by atoms with van der Waals surface area (Å²) in [6.07, 6.45) is 3.28. The molecule has 2 N–H and O–H groups in total. The Bertz CT molecular complexity index is 1170. The predicted molar refractivity (Wildman–Crippen MR) is 111 cm³/mol. The maximum Gasteiger partial charge on any atom is 0.267 e. The number of carbonyl (C=O) groups is 1. The summed E-state index contributed by atoms with van der Waals surface area (Å²) in [6, 6.07) is 11.3. The molecule has 1 aromatic carbocycles. The third-order valence-electron chi connectivity index (χ3n) is 4.32. The minimum atomic E-state index is -0.567. The van der Waals surface area contributed by atoms with E-state index in [2.05, 4.69) is 15.0 Å². The van der Waals surface area contributed by atoms with Crippen LogP contribution in [-0.2, 0) is 6.61 Å². The van der Waals surface area contributed by atoms with Gasteiger partial charge in [0.15, 0.2) is 5.75 Å². The minimum absolute atomic E-state index is 0.223. The molecule has 0 aliphatic rings. The molecule has 0 atom stereocenters. The van der Waals surface area contributed by atoms with Crippen molar-refractivity contribution in [2.24, 2.45) is 5.73 Å². The molecular weight excluding hydrogens is 388 g/mol. The van der Waals surface area contributed by atoms with E-state index in [-0.39, 0.29) is 5.69 Å². The van der Waals surface area contributed by atoms with Crippen LogP contribution in [0.1, 0.15) is 21.2 Å². The second kappa shape index (κ2) is 7.84. The molecule has 0 aliphatic carbocycles. The van der Waals surface area contributed by atoms with Gasteiger partial charge in [-0.3, -0.25) is 4.79 Å². The third kappa shape index (κ3) is 4.02. The fraction of sp³-hybridized carbons (Fsp3) is 0.143. The molecule has 0 bridgehead atoms. The topological polar surface area (TPSA) is 100 Å². The first kappa shape index (κ1) is 18.8. The molecule has 3 aromatic heterocycles. The van der Waals surface area contributed by atoms with Gasteiger partial charge in [-0.05, 0) is 36.8 Å². The van der Waals surface area contributed by atoms with E-state index >= 15 is 0 Å². The Labute approximate surface area is 171 Å². The van der Waals surface area contributed by atoms with Crippen molar-refractivity contribution in [2.45, 2.75) is 13.5 Å². The number of rotatable bonds is 6. The zero-order valence-corrected chi connectivity index (χ0v) is 16.7. The average Bonchev–Trinajstić information content (AvgIpc) is 3.15. The van der Waals surface area contributed by atoms with Crippen molar-refractivity contribution in [3.8, 4) is 22.6 Å². The van der Waals surface area contributed by atoms with E-state index < -0.39 is 5.91 Å². The highest BCUT2D eigenvalue weighted by Crippen LogP contribution is 2.35. The number of fused-ring (bicyclic) bond motifs is 1. The van der Waals surface area contributed by atoms with Crippen LogP contribution in [0.5, 0.6) is 11.5 Å². The van der Waals surface area contributed by atoms with E-state index in [4.69, 9.17) is 15.2 Å². The quantitative estimate of drug-likeness (QED) is 0.523. The second-order valence-electron chi connectivity index (χ2n) is 6.33. The minimum Gasteiger partial charge on any atom is -0.497 e. The molecule has 0 saturated carbocycles. The SMILES string of the molecule is COc1ccc(-c2cc(C(N)=O)nc3cc(COc4cnc(C)nc4)sc23)cc1. The van der Waals surface area contributed by atoms with Crippen molar-refractivity contribution in [1.29, 1.82) is 0 Å². The normalized spacial score (nSPS) is 10.8. The summed E-state index contributed by atoms with van der Waals surface area (Å²) in [6.45, 7) is 2.17. The van der Waals surface area contributed by atoms with Crippen molar-refractivity contribution in [1.82, 2.24) is 15.0 Å². The van der Waals surface area contributed by atoms with E-state index in [0.717, 1.165) is 26.5 Å². The molecule has 3 heterocycles. The number of nitrogens with zero attached hydrogens (tertiary/aromatic N) is 3. The van der Waals surface area contributed by atoms with Gasteiger partial charge in [0.2, 0.25) is 0 Å². The number of aryl methyl sites for hydroxylation is 1. The number of primary amides is 1. The van der Waals surface area contributed by atoms with Crippen LogP contribution in [0.15, 0.2) is 48.8 Å². The molecule has 1 amide bonds. The largest absolute Gasteiger partial charge is 0.497 e. The number of methoxy groups -OCH3 is 1. The molecule has 0 unspecified atom stereocenters. The van der Waals surface area contributed by atoms with Crippen molar-refractivity contribution >= 4 is 27.5 Å². The predicted octanol–water partition coefficient (Wildman–Crippen LogP) is 3.75. The number of hydrogen-bond acceptors (Lipinski definition) is 7. The number of ether oxygens (including phenoxy) is 2. The molecule has 4 aromatic rings. The van der Waals surface area contributed by atoms with E-state index in [9.17, 15) is 4.79 Å². The zero-order chi connectivity index (χ0) is 20.4. The molecule has 146 valence electrons. The molecule has 8 heteroatoms. The lowest BCUT2D eigenvalue weighted by Crippen LogP contribution is -2.13. The number of hydrogen-bond donors (Lipinski definition) is 1. The van der Waals surface area contributed by atoms with Crippen molar-refractivity contribution in [3.05, 3.63) is 65.2 Å². The number of nitrogens with two attached hydrogens (primary N) is 1. The summed E-state index contributed by atoms with van der Waals surface area (Å²) in [4.78, 5) is 25.4. The molecule has 29 heavy (non-hydrogen) atoms. The summed E-state index contributed by atoms with van der Waals surface area (Å²) in [5, 5.41) is 0. The van der Waals surface area contributed by atoms with E-state index in [1.165, 1.54) is 0 Å². The van der Waals surface area contributed by atoms with E-state index in [1.807, 2.05) is 37.3 Å². The average molecular weight is 406 g/mol. The van der Waals surface area contributed by atoms with Crippen LogP contribution in [0.2, 0.25) is 0 Å². The Morgan fingerprint density at radius 3 is 2.48 bits per heavy atom. The van der Waals surface area contributed by atoms with Crippen molar-refractivity contribution in [3.63, 3.8) is 0 Å². The Balaban J connectivity index is 1.71. The van der Waals surface area contributed by atoms with Crippen LogP contribution < -0.4 is 15.2 Å². The summed E-state index contributed by atoms with van der Waals surface area (Å²) in [5.74, 6) is 1.47. The van der Waals surface area contributed by atoms with Crippen LogP contribution >= 0.6 is 11.3 Å². The molecule has 7 nitrogen and oxygen atoms in total. The number of benzene rings is 1. The van der Waals surface area contributed by atoms with Gasteiger partial charge < -0.3 is 15.2 Å². The number of aromatic nitrogens is 3. The Kier molecular flexibility index (Phi) is 5.09. The van der Waals surface area contributed by atoms with Crippen LogP contribution in [0.4, 0.5) is 0 Å². The van der Waals surface area contributed by atoms with E-state index in [0.29, 0.717) is 23.7 Å². The molecule has 0 saturated heterocycles. The first-order valence-electron chi connectivity index (χ1n) is 8.82. The maximum absolute atomic E-state index is 11.8. The Hall–Kier alpha value is -3.52. The Morgan fingerprint density at radius 1 is 1.10 bits per heavy atom. The molecule has 4 rings (SSSR count). The summed E-state index contributed by atoms with van der Waals surface area (Å²) in [5.41, 5.74) is 8.26. The number of thiophene rings is 1. The number of pyridine rings is 1. The molecule has 0 fully saturated rings. The third-order valence-corrected chi connectivity index (χ3v) is 5.45. The van der Waals surface area contributed by atoms with Gasteiger partial charge in [0, 0.05) is 10.4 Å². The summed E-state index contributed by atoms with van der Waals surface area (Å²) in [7, 11) is 1.62. The smallest absolute Gasteiger partial charge is 0.267 e. The lowest BCUT2D eigenvalue weighted by molar-refractivity contribution is 0.0996. The maximum atomic E-state index is 11.8. The van der Waals surface area contributed by atoms with Crippen LogP contribution in [0, 0.1) is 6.92 Å². The highest BCUT2D eigenvalue weighted by molar-refractivity contribution is 7.19. The highest BCUT2D eigenvalue weighted by Gasteiger charge is 2.15. The van der Waals surface area contributed by atoms with Gasteiger partial charge in [0.25, 0.3) is 5.91 Å². The monoisotopic (exact) mass is 406 g/mol. The van der Waals surface area contributed by atoms with Gasteiger partial charge in [0.1, 0.15) is 23.9 Å². The number of carbonyl (C=O) groups excluding carboxylic acids is 1. The van der Waals surface area contributed by atoms with Gasteiger partial charge >= 0.3 is 0 Å². The standard InChI is InChI=1S/C21H18N4O3S/c1-12-23-9-15(10-24-12)28-11-16-7-18-20(29-16)17(8-19(25-18)21(22)26)13-3-5-14(27-2)6-4-13/h3-10H,11H2,1-2H3,(H2,22,26). The summed E-state index contributed by atoms with van der Waals surface area (Å²) >= 11 is 1.56. The van der Waals surface area contributed by atoms with Crippen LogP contribution in [0.3, 0.4) is 0 Å². The van der Waals surface area contributed by atoms with Gasteiger partial charge in [-0.15, -0.1) is 11.3 Å². The van der Waals surface area contributed by atoms with Gasteiger partial charge in [-0.1, -0.05) is 12.1 Å². The number of amides is 1. The van der Waals surface area contributed by atoms with Crippen LogP contribution in [-0.4, -0.2) is 28.0 Å². The fourth-order valence-corrected chi connectivity index (χ4v) is 3.91. The molecule has 0 radical (unpaired) electrons. The van der Waals surface area contributed by atoms with Gasteiger partial charge in [-0.25, -0.2) is 15.0 Å². The molecular formula is C21H18N4O3S.